The summed E-state index contributed by atoms with van der Waals surface area (Å²) in [4.78, 5) is 14.9. The molecule has 1 aromatic rings. The highest BCUT2D eigenvalue weighted by Gasteiger charge is 2.34. The Labute approximate surface area is 150 Å². The maximum absolute atomic E-state index is 13.0. The van der Waals surface area contributed by atoms with Gasteiger partial charge in [-0.3, -0.25) is 9.10 Å². The fraction of sp³-hybridized carbons (Fsp3) is 0.611. The predicted molar refractivity (Wildman–Crippen MR) is 99.0 cm³/mol. The number of carbonyl (C=O) groups is 1. The smallest absolute Gasteiger partial charge is 0.254 e. The lowest BCUT2D eigenvalue weighted by atomic mass is 9.83. The van der Waals surface area contributed by atoms with E-state index in [1.807, 2.05) is 4.90 Å². The fourth-order valence-corrected chi connectivity index (χ4v) is 5.51. The van der Waals surface area contributed by atoms with Crippen LogP contribution >= 0.6 is 0 Å². The van der Waals surface area contributed by atoms with Crippen LogP contribution in [-0.2, 0) is 10.0 Å². The van der Waals surface area contributed by atoms with Crippen molar-refractivity contribution in [3.05, 3.63) is 29.8 Å². The highest BCUT2D eigenvalue weighted by Crippen LogP contribution is 2.30. The Kier molecular flexibility index (Phi) is 5.06. The third-order valence-corrected chi connectivity index (χ3v) is 7.39. The molecule has 6 nitrogen and oxygen atoms in total. The second-order valence-electron chi connectivity index (χ2n) is 7.31. The number of benzene rings is 1. The second kappa shape index (κ2) is 6.96. The maximum atomic E-state index is 13.0. The molecule has 1 amide bonds. The summed E-state index contributed by atoms with van der Waals surface area (Å²) in [6, 6.07) is 7.13. The molecule has 0 bridgehead atoms. The average molecular weight is 365 g/mol. The average Bonchev–Trinajstić information content (AvgIpc) is 2.94. The summed E-state index contributed by atoms with van der Waals surface area (Å²) in [5.41, 5.74) is 6.98. The van der Waals surface area contributed by atoms with Crippen molar-refractivity contribution in [1.82, 2.24) is 4.90 Å². The minimum absolute atomic E-state index is 0.0451. The van der Waals surface area contributed by atoms with Crippen molar-refractivity contribution in [3.63, 3.8) is 0 Å². The van der Waals surface area contributed by atoms with E-state index in [0.29, 0.717) is 49.1 Å². The maximum Gasteiger partial charge on any atom is 0.254 e. The number of amides is 1. The van der Waals surface area contributed by atoms with Gasteiger partial charge in [-0.2, -0.15) is 0 Å². The Morgan fingerprint density at radius 1 is 1.32 bits per heavy atom. The molecule has 2 fully saturated rings. The van der Waals surface area contributed by atoms with Crippen LogP contribution in [0.4, 0.5) is 5.69 Å². The zero-order valence-corrected chi connectivity index (χ0v) is 15.7. The topological polar surface area (TPSA) is 83.7 Å². The summed E-state index contributed by atoms with van der Waals surface area (Å²) in [6.45, 7) is 5.96. The lowest BCUT2D eigenvalue weighted by Gasteiger charge is -2.41. The van der Waals surface area contributed by atoms with Crippen LogP contribution in [-0.4, -0.2) is 50.7 Å². The summed E-state index contributed by atoms with van der Waals surface area (Å²) in [7, 11) is -3.25. The van der Waals surface area contributed by atoms with Gasteiger partial charge in [-0.15, -0.1) is 0 Å². The quantitative estimate of drug-likeness (QED) is 0.883. The first-order valence-corrected chi connectivity index (χ1v) is 10.6. The van der Waals surface area contributed by atoms with Crippen molar-refractivity contribution in [2.24, 2.45) is 17.6 Å². The van der Waals surface area contributed by atoms with Crippen LogP contribution in [0.1, 0.15) is 37.0 Å². The summed E-state index contributed by atoms with van der Waals surface area (Å²) in [5.74, 6) is 0.938. The molecule has 138 valence electrons. The molecule has 0 radical (unpaired) electrons. The van der Waals surface area contributed by atoms with Crippen LogP contribution in [0.25, 0.3) is 0 Å². The van der Waals surface area contributed by atoms with Crippen molar-refractivity contribution in [1.29, 1.82) is 0 Å². The van der Waals surface area contributed by atoms with Gasteiger partial charge in [0.2, 0.25) is 10.0 Å². The predicted octanol–water partition coefficient (Wildman–Crippen LogP) is 1.67. The normalized spacial score (nSPS) is 29.0. The number of anilines is 1. The number of hydrogen-bond acceptors (Lipinski definition) is 4. The van der Waals surface area contributed by atoms with Gasteiger partial charge in [0.15, 0.2) is 0 Å². The Balaban J connectivity index is 1.84. The van der Waals surface area contributed by atoms with Gasteiger partial charge in [-0.25, -0.2) is 8.42 Å². The Morgan fingerprint density at radius 2 is 2.08 bits per heavy atom. The number of likely N-dealkylation sites (tertiary alicyclic amines) is 1. The number of hydrogen-bond donors (Lipinski definition) is 1. The molecule has 2 heterocycles. The van der Waals surface area contributed by atoms with E-state index in [0.717, 1.165) is 6.42 Å². The van der Waals surface area contributed by atoms with Gasteiger partial charge in [-0.1, -0.05) is 13.0 Å². The fourth-order valence-electron chi connectivity index (χ4n) is 3.95. The van der Waals surface area contributed by atoms with Crippen molar-refractivity contribution in [2.75, 3.05) is 29.7 Å². The zero-order valence-electron chi connectivity index (χ0n) is 14.9. The number of rotatable bonds is 3. The molecule has 3 rings (SSSR count). The molecule has 2 aliphatic rings. The molecule has 25 heavy (non-hydrogen) atoms. The van der Waals surface area contributed by atoms with Crippen LogP contribution in [0.5, 0.6) is 0 Å². The standard InChI is InChI=1S/C18H27N3O3S/c1-13-9-14(2)20(12-16(13)11-19)18(22)15-5-3-6-17(10-15)21-7-4-8-25(21,23)24/h3,5-6,10,13-14,16H,4,7-9,11-12,19H2,1-2H3. The van der Waals surface area contributed by atoms with Gasteiger partial charge >= 0.3 is 0 Å². The summed E-state index contributed by atoms with van der Waals surface area (Å²) in [5, 5.41) is 0. The van der Waals surface area contributed by atoms with E-state index in [1.54, 1.807) is 24.3 Å². The zero-order chi connectivity index (χ0) is 18.2. The first-order valence-electron chi connectivity index (χ1n) is 8.95. The minimum atomic E-state index is -3.25. The number of nitrogens with two attached hydrogens (primary N) is 1. The van der Waals surface area contributed by atoms with Gasteiger partial charge in [0.25, 0.3) is 5.91 Å². The van der Waals surface area contributed by atoms with Crippen molar-refractivity contribution in [2.45, 2.75) is 32.7 Å². The first kappa shape index (κ1) is 18.2. The van der Waals surface area contributed by atoms with Crippen LogP contribution in [0, 0.1) is 11.8 Å². The lowest BCUT2D eigenvalue weighted by Crippen LogP contribution is -2.50. The highest BCUT2D eigenvalue weighted by atomic mass is 32.2. The Morgan fingerprint density at radius 3 is 2.72 bits per heavy atom. The van der Waals surface area contributed by atoms with Crippen LogP contribution in [0.2, 0.25) is 0 Å². The SMILES string of the molecule is CC1CC(C)N(C(=O)c2cccc(N3CCCS3(=O)=O)c2)CC1CN. The van der Waals surface area contributed by atoms with Gasteiger partial charge in [0.05, 0.1) is 11.4 Å². The summed E-state index contributed by atoms with van der Waals surface area (Å²) in [6.07, 6.45) is 1.56. The molecular formula is C18H27N3O3S. The number of piperidine rings is 1. The van der Waals surface area contributed by atoms with E-state index >= 15 is 0 Å². The molecule has 0 saturated carbocycles. The number of sulfonamides is 1. The largest absolute Gasteiger partial charge is 0.336 e. The molecule has 3 unspecified atom stereocenters. The molecule has 3 atom stereocenters. The van der Waals surface area contributed by atoms with Crippen LogP contribution < -0.4 is 10.0 Å². The van der Waals surface area contributed by atoms with E-state index in [1.165, 1.54) is 4.31 Å². The van der Waals surface area contributed by atoms with Crippen LogP contribution in [0.15, 0.2) is 24.3 Å². The van der Waals surface area contributed by atoms with E-state index in [-0.39, 0.29) is 17.7 Å². The Bertz CT molecular complexity index is 750. The van der Waals surface area contributed by atoms with Crippen LogP contribution in [0.3, 0.4) is 0 Å². The van der Waals surface area contributed by atoms with E-state index in [4.69, 9.17) is 5.73 Å². The molecule has 7 heteroatoms. The third-order valence-electron chi connectivity index (χ3n) is 5.52. The number of nitrogens with zero attached hydrogens (tertiary/aromatic N) is 2. The van der Waals surface area contributed by atoms with Gasteiger partial charge < -0.3 is 10.6 Å². The first-order chi connectivity index (χ1) is 11.8. The summed E-state index contributed by atoms with van der Waals surface area (Å²) >= 11 is 0. The molecule has 0 spiro atoms. The summed E-state index contributed by atoms with van der Waals surface area (Å²) < 4.78 is 25.7. The van der Waals surface area contributed by atoms with E-state index in [9.17, 15) is 13.2 Å². The molecule has 2 saturated heterocycles. The number of carbonyl (C=O) groups excluding carboxylic acids is 1. The van der Waals surface area contributed by atoms with Gasteiger partial charge in [0.1, 0.15) is 0 Å². The van der Waals surface area contributed by atoms with Crippen molar-refractivity contribution in [3.8, 4) is 0 Å². The van der Waals surface area contributed by atoms with E-state index < -0.39 is 10.0 Å². The molecule has 0 aromatic heterocycles. The van der Waals surface area contributed by atoms with E-state index in [2.05, 4.69) is 13.8 Å². The van der Waals surface area contributed by atoms with Gasteiger partial charge in [0, 0.05) is 24.7 Å². The second-order valence-corrected chi connectivity index (χ2v) is 9.32. The van der Waals surface area contributed by atoms with Gasteiger partial charge in [-0.05, 0) is 56.3 Å². The lowest BCUT2D eigenvalue weighted by molar-refractivity contribution is 0.0469. The minimum Gasteiger partial charge on any atom is -0.336 e. The Hall–Kier alpha value is -1.60. The third kappa shape index (κ3) is 3.53. The molecular weight excluding hydrogens is 338 g/mol. The molecule has 2 aliphatic heterocycles. The molecule has 1 aromatic carbocycles. The molecule has 0 aliphatic carbocycles. The van der Waals surface area contributed by atoms with Crippen molar-refractivity contribution >= 4 is 21.6 Å². The highest BCUT2D eigenvalue weighted by molar-refractivity contribution is 7.93. The monoisotopic (exact) mass is 365 g/mol. The van der Waals surface area contributed by atoms with Crippen molar-refractivity contribution < 1.29 is 13.2 Å². The molecule has 2 N–H and O–H groups in total.